The molecule has 12 heteroatoms. The van der Waals surface area contributed by atoms with Gasteiger partial charge in [-0.1, -0.05) is 0 Å². The highest BCUT2D eigenvalue weighted by atomic mass is 32.2. The average molecular weight is 467 g/mol. The normalized spacial score (nSPS) is 15.9. The zero-order valence-electron chi connectivity index (χ0n) is 15.2. The molecule has 0 aliphatic heterocycles. The van der Waals surface area contributed by atoms with Crippen LogP contribution in [0.15, 0.2) is 11.0 Å². The summed E-state index contributed by atoms with van der Waals surface area (Å²) in [6.45, 7) is 0. The number of thiazole rings is 2. The summed E-state index contributed by atoms with van der Waals surface area (Å²) in [5, 5.41) is 0. The molecule has 0 aromatic carbocycles. The Morgan fingerprint density at radius 1 is 0.714 bits per heavy atom. The molecule has 0 spiro atoms. The van der Waals surface area contributed by atoms with Crippen molar-refractivity contribution in [1.82, 2.24) is 9.97 Å². The maximum atomic E-state index is 9.72. The molecule has 0 bridgehead atoms. The van der Waals surface area contributed by atoms with Crippen molar-refractivity contribution in [2.75, 3.05) is 11.5 Å². The van der Waals surface area contributed by atoms with E-state index in [0.717, 1.165) is 0 Å². The Hall–Kier alpha value is -0.920. The van der Waals surface area contributed by atoms with E-state index in [-0.39, 0.29) is 0 Å². The van der Waals surface area contributed by atoms with Crippen LogP contribution in [-0.4, -0.2) is 47.4 Å². The van der Waals surface area contributed by atoms with Crippen LogP contribution in [0, 0.1) is 0 Å². The third-order valence-electron chi connectivity index (χ3n) is 4.17. The summed E-state index contributed by atoms with van der Waals surface area (Å²) in [5.41, 5.74) is 6.67. The topological polar surface area (TPSA) is 140 Å². The van der Waals surface area contributed by atoms with Gasteiger partial charge in [-0.25, -0.2) is 26.8 Å². The van der Waals surface area contributed by atoms with Crippen LogP contribution in [0.2, 0.25) is 0 Å². The van der Waals surface area contributed by atoms with Crippen LogP contribution in [0.5, 0.6) is 0 Å². The van der Waals surface area contributed by atoms with Crippen molar-refractivity contribution in [3.63, 3.8) is 0 Å². The first-order valence-electron chi connectivity index (χ1n) is 8.83. The quantitative estimate of drug-likeness (QED) is 0.626. The van der Waals surface area contributed by atoms with Gasteiger partial charge in [-0.3, -0.25) is 0 Å². The molecule has 0 fully saturated rings. The van der Waals surface area contributed by atoms with Crippen LogP contribution >= 0.6 is 22.7 Å². The lowest BCUT2D eigenvalue weighted by Gasteiger charge is -2.08. The van der Waals surface area contributed by atoms with Crippen molar-refractivity contribution in [1.29, 1.82) is 0 Å². The summed E-state index contributed by atoms with van der Waals surface area (Å²) in [4.78, 5) is 11.6. The highest BCUT2D eigenvalue weighted by Gasteiger charge is 2.10. The minimum Gasteiger partial charge on any atom is -0.748 e. The van der Waals surface area contributed by atoms with E-state index >= 15 is 0 Å². The standard InChI is InChI=1S/2C7H9NS.C2H6O6S2/c2*1-2-4-7-6(3-1)8-5-9-7;3-9(4,5)1-2-10(6,7)8/h2*5H,1-4H2;1-2H2,(H,3,4,5)(H,6,7,8)/p-2. The third kappa shape index (κ3) is 9.05. The molecule has 2 aromatic rings. The molecule has 0 atom stereocenters. The zero-order chi connectivity index (χ0) is 20.6. The summed E-state index contributed by atoms with van der Waals surface area (Å²) in [7, 11) is -9.17. The fourth-order valence-electron chi connectivity index (χ4n) is 2.76. The maximum Gasteiger partial charge on any atom is 0.0955 e. The second-order valence-corrected chi connectivity index (χ2v) is 11.3. The van der Waals surface area contributed by atoms with Crippen molar-refractivity contribution in [2.45, 2.75) is 51.4 Å². The number of fused-ring (bicyclic) bond motifs is 2. The molecule has 0 radical (unpaired) electrons. The van der Waals surface area contributed by atoms with Crippen LogP contribution in [0.1, 0.15) is 46.8 Å². The number of nitrogens with zero attached hydrogens (tertiary/aromatic N) is 2. The van der Waals surface area contributed by atoms with Gasteiger partial charge in [0.25, 0.3) is 0 Å². The van der Waals surface area contributed by atoms with Crippen molar-refractivity contribution >= 4 is 42.9 Å². The van der Waals surface area contributed by atoms with Gasteiger partial charge < -0.3 is 9.11 Å². The zero-order valence-corrected chi connectivity index (χ0v) is 18.5. The minimum absolute atomic E-state index is 1.15. The van der Waals surface area contributed by atoms with E-state index in [2.05, 4.69) is 9.97 Å². The number of aryl methyl sites for hydroxylation is 4. The summed E-state index contributed by atoms with van der Waals surface area (Å²) < 4.78 is 58.3. The Morgan fingerprint density at radius 2 is 1.07 bits per heavy atom. The van der Waals surface area contributed by atoms with Crippen LogP contribution in [-0.2, 0) is 45.9 Å². The molecule has 2 heterocycles. The van der Waals surface area contributed by atoms with Crippen LogP contribution in [0.25, 0.3) is 0 Å². The second-order valence-electron chi connectivity index (χ2n) is 6.38. The Bertz CT molecular complexity index is 830. The molecule has 2 aliphatic rings. The largest absolute Gasteiger partial charge is 0.748 e. The van der Waals surface area contributed by atoms with Crippen molar-refractivity contribution in [3.05, 3.63) is 32.2 Å². The van der Waals surface area contributed by atoms with Gasteiger partial charge in [-0.15, -0.1) is 22.7 Å². The van der Waals surface area contributed by atoms with Gasteiger partial charge in [0.1, 0.15) is 0 Å². The van der Waals surface area contributed by atoms with E-state index in [9.17, 15) is 25.9 Å². The molecule has 158 valence electrons. The second kappa shape index (κ2) is 10.7. The summed E-state index contributed by atoms with van der Waals surface area (Å²) in [6.07, 6.45) is 10.4. The first-order valence-corrected chi connectivity index (χ1v) is 13.7. The fraction of sp³-hybridized carbons (Fsp3) is 0.625. The average Bonchev–Trinajstić information content (AvgIpc) is 3.29. The molecular weight excluding hydrogens is 444 g/mol. The molecule has 0 saturated heterocycles. The molecule has 2 aromatic heterocycles. The molecule has 4 rings (SSSR count). The van der Waals surface area contributed by atoms with Gasteiger partial charge in [0, 0.05) is 9.75 Å². The minimum atomic E-state index is -4.59. The first-order chi connectivity index (χ1) is 13.1. The number of aromatic nitrogens is 2. The van der Waals surface area contributed by atoms with E-state index in [1.165, 1.54) is 72.5 Å². The molecule has 2 aliphatic carbocycles. The molecule has 0 saturated carbocycles. The van der Waals surface area contributed by atoms with Crippen molar-refractivity contribution < 1.29 is 25.9 Å². The van der Waals surface area contributed by atoms with Gasteiger partial charge in [0.05, 0.1) is 54.2 Å². The predicted octanol–water partition coefficient (Wildman–Crippen LogP) is 2.12. The molecule has 8 nitrogen and oxygen atoms in total. The monoisotopic (exact) mass is 466 g/mol. The molecule has 0 N–H and O–H groups in total. The Balaban J connectivity index is 0.000000150. The number of hydrogen-bond donors (Lipinski definition) is 0. The van der Waals surface area contributed by atoms with Gasteiger partial charge in [-0.2, -0.15) is 0 Å². The SMILES string of the molecule is O=S(=O)([O-])CCS(=O)(=O)[O-].c1nc2c(s1)CCCC2.c1nc2c(s1)CCCC2. The van der Waals surface area contributed by atoms with E-state index in [1.54, 1.807) is 0 Å². The van der Waals surface area contributed by atoms with E-state index < -0.39 is 31.7 Å². The van der Waals surface area contributed by atoms with Crippen molar-refractivity contribution in [2.24, 2.45) is 0 Å². The highest BCUT2D eigenvalue weighted by molar-refractivity contribution is 7.89. The first kappa shape index (κ1) is 23.4. The van der Waals surface area contributed by atoms with E-state index in [1.807, 2.05) is 33.7 Å². The number of rotatable bonds is 3. The lowest BCUT2D eigenvalue weighted by Crippen LogP contribution is -2.15. The van der Waals surface area contributed by atoms with Crippen LogP contribution in [0.3, 0.4) is 0 Å². The van der Waals surface area contributed by atoms with E-state index in [4.69, 9.17) is 0 Å². The summed E-state index contributed by atoms with van der Waals surface area (Å²) >= 11 is 3.63. The maximum absolute atomic E-state index is 9.72. The Kier molecular flexibility index (Phi) is 8.96. The molecule has 0 amide bonds. The predicted molar refractivity (Wildman–Crippen MR) is 107 cm³/mol. The van der Waals surface area contributed by atoms with Crippen LogP contribution < -0.4 is 0 Å². The molecule has 0 unspecified atom stereocenters. The highest BCUT2D eigenvalue weighted by Crippen LogP contribution is 2.23. The summed E-state index contributed by atoms with van der Waals surface area (Å²) in [6, 6.07) is 0. The Morgan fingerprint density at radius 3 is 1.39 bits per heavy atom. The van der Waals surface area contributed by atoms with Gasteiger partial charge >= 0.3 is 0 Å². The molecule has 28 heavy (non-hydrogen) atoms. The van der Waals surface area contributed by atoms with Gasteiger partial charge in [-0.05, 0) is 51.4 Å². The van der Waals surface area contributed by atoms with Gasteiger partial charge in [0.2, 0.25) is 0 Å². The Labute approximate surface area is 173 Å². The molecular formula is C16H22N2O6S4-2. The summed E-state index contributed by atoms with van der Waals surface area (Å²) in [5.74, 6) is -2.31. The smallest absolute Gasteiger partial charge is 0.0955 e. The van der Waals surface area contributed by atoms with Gasteiger partial charge in [0.15, 0.2) is 0 Å². The van der Waals surface area contributed by atoms with Crippen LogP contribution in [0.4, 0.5) is 0 Å². The third-order valence-corrected chi connectivity index (χ3v) is 7.71. The fourth-order valence-corrected chi connectivity index (χ4v) is 6.12. The van der Waals surface area contributed by atoms with E-state index in [0.29, 0.717) is 0 Å². The number of hydrogen-bond acceptors (Lipinski definition) is 10. The lowest BCUT2D eigenvalue weighted by atomic mass is 10.0. The lowest BCUT2D eigenvalue weighted by molar-refractivity contribution is 0.452. The van der Waals surface area contributed by atoms with Crippen molar-refractivity contribution in [3.8, 4) is 0 Å².